The smallest absolute Gasteiger partial charge is 0.333 e. The van der Waals surface area contributed by atoms with Gasteiger partial charge in [0.1, 0.15) is 6.61 Å². The Balaban J connectivity index is 3.27. The lowest BCUT2D eigenvalue weighted by molar-refractivity contribution is -0.140. The van der Waals surface area contributed by atoms with E-state index in [-0.39, 0.29) is 19.2 Å². The van der Waals surface area contributed by atoms with E-state index in [1.165, 1.54) is 77.0 Å². The van der Waals surface area contributed by atoms with Crippen LogP contribution in [0.2, 0.25) is 0 Å². The Bertz CT molecular complexity index is 360. The van der Waals surface area contributed by atoms with E-state index in [2.05, 4.69) is 25.7 Å². The Morgan fingerprint density at radius 3 is 1.88 bits per heavy atom. The van der Waals surface area contributed by atoms with Crippen molar-refractivity contribution in [2.24, 2.45) is 0 Å². The third-order valence-electron chi connectivity index (χ3n) is 4.60. The molecule has 0 atom stereocenters. The summed E-state index contributed by atoms with van der Waals surface area (Å²) in [5, 5.41) is 8.61. The third kappa shape index (κ3) is 17.7. The molecule has 0 aliphatic rings. The summed E-state index contributed by atoms with van der Waals surface area (Å²) in [6, 6.07) is 0. The zero-order valence-corrected chi connectivity index (χ0v) is 17.1. The highest BCUT2D eigenvalue weighted by atomic mass is 16.5. The molecular formula is C23H42O3. The standard InChI is InChI=1S/C23H42O3/c1-3-4-5-6-7-8-9-10-11-12-13-14-15-16-17-18-19-22(2)23(25)26-21-20-24/h10-11,24H,2-9,12-21H2,1H3/b11-10-. The van der Waals surface area contributed by atoms with Crippen LogP contribution in [0, 0.1) is 0 Å². The van der Waals surface area contributed by atoms with E-state index in [0.29, 0.717) is 12.0 Å². The van der Waals surface area contributed by atoms with Gasteiger partial charge in [-0.1, -0.05) is 83.4 Å². The summed E-state index contributed by atoms with van der Waals surface area (Å²) in [5.74, 6) is -0.369. The minimum Gasteiger partial charge on any atom is -0.460 e. The van der Waals surface area contributed by atoms with Crippen LogP contribution < -0.4 is 0 Å². The van der Waals surface area contributed by atoms with Gasteiger partial charge in [0.05, 0.1) is 6.61 Å². The van der Waals surface area contributed by atoms with Crippen LogP contribution in [0.15, 0.2) is 24.3 Å². The van der Waals surface area contributed by atoms with Gasteiger partial charge in [0.15, 0.2) is 0 Å². The van der Waals surface area contributed by atoms with Crippen molar-refractivity contribution >= 4 is 5.97 Å². The van der Waals surface area contributed by atoms with Gasteiger partial charge in [0.25, 0.3) is 0 Å². The van der Waals surface area contributed by atoms with Gasteiger partial charge in [-0.05, 0) is 38.5 Å². The molecule has 152 valence electrons. The topological polar surface area (TPSA) is 46.5 Å². The van der Waals surface area contributed by atoms with Crippen LogP contribution in [0.25, 0.3) is 0 Å². The summed E-state index contributed by atoms with van der Waals surface area (Å²) < 4.78 is 4.84. The average molecular weight is 367 g/mol. The molecule has 0 radical (unpaired) electrons. The predicted octanol–water partition coefficient (Wildman–Crippen LogP) is 6.51. The molecule has 0 aliphatic heterocycles. The lowest BCUT2D eigenvalue weighted by atomic mass is 10.1. The van der Waals surface area contributed by atoms with E-state index in [1.54, 1.807) is 0 Å². The van der Waals surface area contributed by atoms with Crippen molar-refractivity contribution in [3.05, 3.63) is 24.3 Å². The normalized spacial score (nSPS) is 11.2. The van der Waals surface area contributed by atoms with Crippen LogP contribution in [0.4, 0.5) is 0 Å². The number of unbranched alkanes of at least 4 members (excludes halogenated alkanes) is 12. The van der Waals surface area contributed by atoms with Gasteiger partial charge in [0, 0.05) is 5.57 Å². The Morgan fingerprint density at radius 2 is 1.35 bits per heavy atom. The van der Waals surface area contributed by atoms with Crippen LogP contribution >= 0.6 is 0 Å². The first-order valence-corrected chi connectivity index (χ1v) is 10.8. The second-order valence-electron chi connectivity index (χ2n) is 7.15. The quantitative estimate of drug-likeness (QED) is 0.123. The van der Waals surface area contributed by atoms with Gasteiger partial charge in [-0.15, -0.1) is 0 Å². The minimum atomic E-state index is -0.369. The molecule has 0 saturated heterocycles. The molecule has 0 spiro atoms. The van der Waals surface area contributed by atoms with Crippen molar-refractivity contribution in [2.75, 3.05) is 13.2 Å². The van der Waals surface area contributed by atoms with Crippen LogP contribution in [-0.4, -0.2) is 24.3 Å². The fourth-order valence-electron chi connectivity index (χ4n) is 2.93. The molecule has 0 heterocycles. The molecule has 0 aromatic carbocycles. The van der Waals surface area contributed by atoms with Crippen molar-refractivity contribution in [2.45, 2.75) is 103 Å². The lowest BCUT2D eigenvalue weighted by Gasteiger charge is -2.05. The van der Waals surface area contributed by atoms with E-state index in [9.17, 15) is 4.79 Å². The van der Waals surface area contributed by atoms with Gasteiger partial charge in [-0.25, -0.2) is 4.79 Å². The van der Waals surface area contributed by atoms with Crippen LogP contribution in [0.1, 0.15) is 103 Å². The first-order valence-electron chi connectivity index (χ1n) is 10.8. The maximum atomic E-state index is 11.5. The second-order valence-corrected chi connectivity index (χ2v) is 7.15. The molecule has 0 saturated carbocycles. The number of ether oxygens (including phenoxy) is 1. The van der Waals surface area contributed by atoms with E-state index < -0.39 is 0 Å². The summed E-state index contributed by atoms with van der Waals surface area (Å²) >= 11 is 0. The van der Waals surface area contributed by atoms with E-state index >= 15 is 0 Å². The molecule has 1 N–H and O–H groups in total. The number of hydrogen-bond donors (Lipinski definition) is 1. The molecule has 0 aromatic heterocycles. The van der Waals surface area contributed by atoms with Crippen molar-refractivity contribution < 1.29 is 14.6 Å². The second kappa shape index (κ2) is 20.2. The number of hydrogen-bond acceptors (Lipinski definition) is 3. The summed E-state index contributed by atoms with van der Waals surface area (Å²) in [7, 11) is 0. The third-order valence-corrected chi connectivity index (χ3v) is 4.60. The van der Waals surface area contributed by atoms with Crippen LogP contribution in [0.5, 0.6) is 0 Å². The van der Waals surface area contributed by atoms with Crippen LogP contribution in [-0.2, 0) is 9.53 Å². The number of carbonyl (C=O) groups excluding carboxylic acids is 1. The molecule has 0 amide bonds. The zero-order chi connectivity index (χ0) is 19.3. The summed E-state index contributed by atoms with van der Waals surface area (Å²) in [4.78, 5) is 11.5. The molecule has 0 aliphatic carbocycles. The maximum Gasteiger partial charge on any atom is 0.333 e. The molecule has 0 aromatic rings. The number of aliphatic hydroxyl groups is 1. The predicted molar refractivity (Wildman–Crippen MR) is 111 cm³/mol. The number of esters is 1. The Morgan fingerprint density at radius 1 is 0.846 bits per heavy atom. The largest absolute Gasteiger partial charge is 0.460 e. The fourth-order valence-corrected chi connectivity index (χ4v) is 2.93. The molecular weight excluding hydrogens is 324 g/mol. The Kier molecular flexibility index (Phi) is 19.4. The van der Waals surface area contributed by atoms with E-state index in [0.717, 1.165) is 12.8 Å². The van der Waals surface area contributed by atoms with Gasteiger partial charge in [0.2, 0.25) is 0 Å². The molecule has 26 heavy (non-hydrogen) atoms. The molecule has 0 unspecified atom stereocenters. The number of aliphatic hydroxyl groups excluding tert-OH is 1. The number of carbonyl (C=O) groups is 1. The van der Waals surface area contributed by atoms with E-state index in [1.807, 2.05) is 0 Å². The number of allylic oxidation sites excluding steroid dienone is 2. The first-order chi connectivity index (χ1) is 12.7. The van der Waals surface area contributed by atoms with E-state index in [4.69, 9.17) is 9.84 Å². The maximum absolute atomic E-state index is 11.5. The molecule has 0 bridgehead atoms. The highest BCUT2D eigenvalue weighted by Crippen LogP contribution is 2.13. The Labute approximate surface area is 161 Å². The molecule has 3 nitrogen and oxygen atoms in total. The molecule has 0 fully saturated rings. The van der Waals surface area contributed by atoms with Crippen LogP contribution in [0.3, 0.4) is 0 Å². The summed E-state index contributed by atoms with van der Waals surface area (Å²) in [6.07, 6.45) is 23.3. The van der Waals surface area contributed by atoms with Gasteiger partial charge < -0.3 is 9.84 Å². The first kappa shape index (κ1) is 24.9. The SMILES string of the molecule is C=C(CCCCCCCC/C=C\CCCCCCCC)C(=O)OCCO. The summed E-state index contributed by atoms with van der Waals surface area (Å²) in [6.45, 7) is 5.94. The van der Waals surface area contributed by atoms with Gasteiger partial charge >= 0.3 is 5.97 Å². The van der Waals surface area contributed by atoms with Crippen molar-refractivity contribution in [3.8, 4) is 0 Å². The minimum absolute atomic E-state index is 0.0608. The summed E-state index contributed by atoms with van der Waals surface area (Å²) in [5.41, 5.74) is 0.522. The van der Waals surface area contributed by atoms with Crippen molar-refractivity contribution in [3.63, 3.8) is 0 Å². The Hall–Kier alpha value is -1.09. The monoisotopic (exact) mass is 366 g/mol. The van der Waals surface area contributed by atoms with Crippen molar-refractivity contribution in [1.29, 1.82) is 0 Å². The highest BCUT2D eigenvalue weighted by Gasteiger charge is 2.07. The zero-order valence-electron chi connectivity index (χ0n) is 17.1. The molecule has 0 rings (SSSR count). The molecule has 3 heteroatoms. The van der Waals surface area contributed by atoms with Gasteiger partial charge in [-0.2, -0.15) is 0 Å². The number of rotatable bonds is 19. The van der Waals surface area contributed by atoms with Gasteiger partial charge in [-0.3, -0.25) is 0 Å². The lowest BCUT2D eigenvalue weighted by Crippen LogP contribution is -2.10. The fraction of sp³-hybridized carbons (Fsp3) is 0.783. The average Bonchev–Trinajstić information content (AvgIpc) is 2.65. The van der Waals surface area contributed by atoms with Crippen molar-refractivity contribution in [1.82, 2.24) is 0 Å². The highest BCUT2D eigenvalue weighted by molar-refractivity contribution is 5.87.